The fourth-order valence-electron chi connectivity index (χ4n) is 2.94. The zero-order valence-corrected chi connectivity index (χ0v) is 19.3. The molecule has 0 aliphatic carbocycles. The largest absolute Gasteiger partial charge is 2.00 e. The van der Waals surface area contributed by atoms with Gasteiger partial charge in [-0.05, 0) is 0 Å². The predicted molar refractivity (Wildman–Crippen MR) is 115 cm³/mol. The van der Waals surface area contributed by atoms with E-state index in [1.54, 1.807) is 0 Å². The predicted octanol–water partition coefficient (Wildman–Crippen LogP) is 7.07. The van der Waals surface area contributed by atoms with Crippen molar-refractivity contribution in [2.75, 3.05) is 0 Å². The third-order valence-corrected chi connectivity index (χ3v) is 4.31. The van der Waals surface area contributed by atoms with E-state index in [1.165, 1.54) is 35.1 Å². The van der Waals surface area contributed by atoms with Crippen molar-refractivity contribution in [1.29, 1.82) is 0 Å². The van der Waals surface area contributed by atoms with E-state index in [4.69, 9.17) is 0 Å². The zero-order chi connectivity index (χ0) is 18.3. The van der Waals surface area contributed by atoms with Crippen molar-refractivity contribution in [1.82, 2.24) is 0 Å². The van der Waals surface area contributed by atoms with Gasteiger partial charge in [0, 0.05) is 0 Å². The van der Waals surface area contributed by atoms with Crippen LogP contribution in [0, 0.1) is 11.8 Å². The Bertz CT molecular complexity index is 514. The second kappa shape index (κ2) is 12.0. The van der Waals surface area contributed by atoms with Gasteiger partial charge >= 0.3 is 23.1 Å². The van der Waals surface area contributed by atoms with Gasteiger partial charge in [-0.15, -0.1) is 0 Å². The fraction of sp³-hybridized carbons (Fsp3) is 0.583. The van der Waals surface area contributed by atoms with E-state index in [-0.39, 0.29) is 23.1 Å². The van der Waals surface area contributed by atoms with Crippen LogP contribution in [0.1, 0.15) is 89.5 Å². The number of rotatable bonds is 6. The van der Waals surface area contributed by atoms with Gasteiger partial charge < -0.3 is 0 Å². The Balaban J connectivity index is 0.000000443. The van der Waals surface area contributed by atoms with Crippen molar-refractivity contribution in [2.45, 2.75) is 80.1 Å². The fourth-order valence-corrected chi connectivity index (χ4v) is 2.94. The molecule has 0 unspecified atom stereocenters. The maximum absolute atomic E-state index is 2.34. The van der Waals surface area contributed by atoms with Crippen LogP contribution in [0.5, 0.6) is 0 Å². The Morgan fingerprint density at radius 3 is 1.16 bits per heavy atom. The van der Waals surface area contributed by atoms with Gasteiger partial charge in [0.25, 0.3) is 0 Å². The summed E-state index contributed by atoms with van der Waals surface area (Å²) in [7, 11) is 0. The third kappa shape index (κ3) is 9.65. The summed E-state index contributed by atoms with van der Waals surface area (Å²) in [5.41, 5.74) is 5.94. The van der Waals surface area contributed by atoms with Gasteiger partial charge in [-0.25, -0.2) is 12.1 Å². The van der Waals surface area contributed by atoms with Crippen LogP contribution < -0.4 is 0 Å². The summed E-state index contributed by atoms with van der Waals surface area (Å²) >= 11 is 0. The average molecular weight is 351 g/mol. The first-order chi connectivity index (χ1) is 11.2. The SMILES string of the molecule is CC(C)C[c-]1ccc(C(C)C)c1.CC(C)C[c-]1ccc(C(C)C)c1.[Mg+2]. The van der Waals surface area contributed by atoms with Gasteiger partial charge in [0.2, 0.25) is 0 Å². The number of hydrogen-bond acceptors (Lipinski definition) is 0. The van der Waals surface area contributed by atoms with Crippen LogP contribution in [0.4, 0.5) is 0 Å². The molecule has 0 aliphatic heterocycles. The molecule has 0 saturated heterocycles. The van der Waals surface area contributed by atoms with Crippen LogP contribution in [0.25, 0.3) is 0 Å². The molecule has 0 fully saturated rings. The minimum Gasteiger partial charge on any atom is -0.210 e. The molecule has 0 nitrogen and oxygen atoms in total. The van der Waals surface area contributed by atoms with E-state index < -0.39 is 0 Å². The van der Waals surface area contributed by atoms with Gasteiger partial charge in [-0.2, -0.15) is 46.5 Å². The molecule has 0 amide bonds. The molecule has 0 N–H and O–H groups in total. The maximum atomic E-state index is 2.34. The van der Waals surface area contributed by atoms with Crippen molar-refractivity contribution >= 4 is 23.1 Å². The second-order valence-corrected chi connectivity index (χ2v) is 8.61. The summed E-state index contributed by atoms with van der Waals surface area (Å²) in [6.45, 7) is 18.0. The Morgan fingerprint density at radius 1 is 0.640 bits per heavy atom. The normalized spacial score (nSPS) is 11.0. The Labute approximate surface area is 173 Å². The molecule has 0 saturated carbocycles. The van der Waals surface area contributed by atoms with Crippen LogP contribution in [0.15, 0.2) is 36.4 Å². The first kappa shape index (κ1) is 24.5. The van der Waals surface area contributed by atoms with Gasteiger partial charge in [0.15, 0.2) is 0 Å². The van der Waals surface area contributed by atoms with Crippen LogP contribution in [-0.4, -0.2) is 23.1 Å². The van der Waals surface area contributed by atoms with E-state index in [0.29, 0.717) is 11.8 Å². The second-order valence-electron chi connectivity index (χ2n) is 8.61. The zero-order valence-electron chi connectivity index (χ0n) is 17.9. The van der Waals surface area contributed by atoms with Gasteiger partial charge in [-0.1, -0.05) is 91.9 Å². The molecule has 0 spiro atoms. The van der Waals surface area contributed by atoms with Crippen molar-refractivity contribution in [3.05, 3.63) is 58.7 Å². The summed E-state index contributed by atoms with van der Waals surface area (Å²) in [5.74, 6) is 2.89. The molecule has 0 heterocycles. The van der Waals surface area contributed by atoms with Crippen LogP contribution >= 0.6 is 0 Å². The topological polar surface area (TPSA) is 0 Å². The average Bonchev–Trinajstić information content (AvgIpc) is 3.07. The molecule has 1 heteroatoms. The third-order valence-electron chi connectivity index (χ3n) is 4.31. The van der Waals surface area contributed by atoms with E-state index in [0.717, 1.165) is 11.8 Å². The molecular weight excluding hydrogens is 313 g/mol. The smallest absolute Gasteiger partial charge is 0.210 e. The standard InChI is InChI=1S/2C12H19.Mg/c2*1-9(2)7-11-5-6-12(8-11)10(3)4;/h2*5-6,8-10H,7H2,1-4H3;/q2*-1;+2. The van der Waals surface area contributed by atoms with Crippen molar-refractivity contribution in [2.24, 2.45) is 11.8 Å². The maximum Gasteiger partial charge on any atom is 2.00 e. The molecule has 2 aromatic rings. The summed E-state index contributed by atoms with van der Waals surface area (Å²) in [4.78, 5) is 0. The summed E-state index contributed by atoms with van der Waals surface area (Å²) in [6.07, 6.45) is 2.43. The Hall–Kier alpha value is -0.534. The van der Waals surface area contributed by atoms with E-state index in [2.05, 4.69) is 91.8 Å². The van der Waals surface area contributed by atoms with Gasteiger partial charge in [0.05, 0.1) is 0 Å². The quantitative estimate of drug-likeness (QED) is 0.386. The minimum absolute atomic E-state index is 0. The molecule has 0 atom stereocenters. The van der Waals surface area contributed by atoms with Crippen LogP contribution in [0.2, 0.25) is 0 Å². The minimum atomic E-state index is 0. The number of hydrogen-bond donors (Lipinski definition) is 0. The molecule has 0 aliphatic rings. The molecule has 0 bridgehead atoms. The molecule has 0 aromatic heterocycles. The van der Waals surface area contributed by atoms with Crippen LogP contribution in [0.3, 0.4) is 0 Å². The summed E-state index contributed by atoms with van der Waals surface area (Å²) in [6, 6.07) is 13.7. The van der Waals surface area contributed by atoms with E-state index in [1.807, 2.05) is 0 Å². The molecule has 136 valence electrons. The van der Waals surface area contributed by atoms with E-state index >= 15 is 0 Å². The van der Waals surface area contributed by atoms with Gasteiger partial charge in [-0.3, -0.25) is 0 Å². The first-order valence-electron chi connectivity index (χ1n) is 9.70. The monoisotopic (exact) mass is 350 g/mol. The van der Waals surface area contributed by atoms with Crippen LogP contribution in [-0.2, 0) is 12.8 Å². The molecule has 0 radical (unpaired) electrons. The molecule has 2 aromatic carbocycles. The molecular formula is C24H38Mg. The molecule has 25 heavy (non-hydrogen) atoms. The van der Waals surface area contributed by atoms with Gasteiger partial charge in [0.1, 0.15) is 0 Å². The van der Waals surface area contributed by atoms with Crippen molar-refractivity contribution < 1.29 is 0 Å². The molecule has 2 rings (SSSR count). The Morgan fingerprint density at radius 2 is 0.960 bits per heavy atom. The van der Waals surface area contributed by atoms with Crippen molar-refractivity contribution in [3.8, 4) is 0 Å². The first-order valence-corrected chi connectivity index (χ1v) is 9.70. The summed E-state index contributed by atoms with van der Waals surface area (Å²) < 4.78 is 0. The summed E-state index contributed by atoms with van der Waals surface area (Å²) in [5, 5.41) is 0. The Kier molecular flexibility index (Phi) is 11.7. The van der Waals surface area contributed by atoms with E-state index in [9.17, 15) is 0 Å². The van der Waals surface area contributed by atoms with Crippen molar-refractivity contribution in [3.63, 3.8) is 0 Å².